The lowest BCUT2D eigenvalue weighted by atomic mass is 10.1. The maximum Gasteiger partial charge on any atom is 0.276 e. The van der Waals surface area contributed by atoms with Gasteiger partial charge in [0.15, 0.2) is 18.2 Å². The van der Waals surface area contributed by atoms with Gasteiger partial charge in [-0.3, -0.25) is 9.59 Å². The van der Waals surface area contributed by atoms with Gasteiger partial charge in [-0.1, -0.05) is 6.07 Å². The number of ketones is 1. The second-order valence-electron chi connectivity index (χ2n) is 6.42. The minimum atomic E-state index is -0.323. The van der Waals surface area contributed by atoms with Crippen LogP contribution in [0.5, 0.6) is 5.75 Å². The summed E-state index contributed by atoms with van der Waals surface area (Å²) in [6.07, 6.45) is 1.69. The van der Waals surface area contributed by atoms with Crippen LogP contribution in [-0.2, 0) is 6.73 Å². The van der Waals surface area contributed by atoms with E-state index in [1.807, 2.05) is 26.0 Å². The monoisotopic (exact) mass is 363 g/mol. The molecule has 1 amide bonds. The fraction of sp³-hybridized carbons (Fsp3) is 0.190. The highest BCUT2D eigenvalue weighted by Gasteiger charge is 2.10. The van der Waals surface area contributed by atoms with E-state index in [-0.39, 0.29) is 24.1 Å². The molecule has 0 saturated carbocycles. The number of hydrogen-bond donors (Lipinski definition) is 1. The second-order valence-corrected chi connectivity index (χ2v) is 6.42. The molecule has 6 heteroatoms. The van der Waals surface area contributed by atoms with Crippen molar-refractivity contribution in [2.45, 2.75) is 27.5 Å². The number of amides is 1. The van der Waals surface area contributed by atoms with E-state index in [1.165, 1.54) is 6.92 Å². The van der Waals surface area contributed by atoms with Crippen LogP contribution in [0.4, 0.5) is 5.69 Å². The number of carbonyl (C=O) groups is 2. The molecule has 0 fully saturated rings. The number of nitrogens with one attached hydrogen (secondary N) is 1. The first-order valence-electron chi connectivity index (χ1n) is 8.57. The zero-order valence-corrected chi connectivity index (χ0v) is 15.5. The van der Waals surface area contributed by atoms with Gasteiger partial charge in [0.1, 0.15) is 5.75 Å². The Labute approximate surface area is 157 Å². The molecule has 1 heterocycles. The standard InChI is InChI=1S/C21H21N3O3/c1-14-10-15(2)12-19(11-14)27-13-24-9-8-20(23-24)21(26)22-18-6-4-17(5-7-18)16(3)25/h4-12H,13H2,1-3H3,(H,22,26). The second kappa shape index (κ2) is 7.86. The summed E-state index contributed by atoms with van der Waals surface area (Å²) in [6, 6.07) is 14.3. The molecule has 0 aliphatic carbocycles. The van der Waals surface area contributed by atoms with Crippen LogP contribution in [0.15, 0.2) is 54.7 Å². The van der Waals surface area contributed by atoms with Crippen LogP contribution in [0, 0.1) is 13.8 Å². The van der Waals surface area contributed by atoms with Crippen LogP contribution in [0.2, 0.25) is 0 Å². The van der Waals surface area contributed by atoms with Crippen LogP contribution in [0.25, 0.3) is 0 Å². The molecular formula is C21H21N3O3. The molecule has 0 aliphatic heterocycles. The van der Waals surface area contributed by atoms with Gasteiger partial charge in [0.25, 0.3) is 5.91 Å². The van der Waals surface area contributed by atoms with Gasteiger partial charge in [0.2, 0.25) is 0 Å². The molecular weight excluding hydrogens is 342 g/mol. The third-order valence-corrected chi connectivity index (χ3v) is 3.98. The zero-order chi connectivity index (χ0) is 19.4. The predicted octanol–water partition coefficient (Wildman–Crippen LogP) is 3.99. The molecule has 0 bridgehead atoms. The predicted molar refractivity (Wildman–Crippen MR) is 103 cm³/mol. The zero-order valence-electron chi connectivity index (χ0n) is 15.5. The first-order chi connectivity index (χ1) is 12.9. The van der Waals surface area contributed by atoms with Crippen molar-refractivity contribution < 1.29 is 14.3 Å². The highest BCUT2D eigenvalue weighted by Crippen LogP contribution is 2.17. The molecule has 0 saturated heterocycles. The number of anilines is 1. The summed E-state index contributed by atoms with van der Waals surface area (Å²) in [5.74, 6) is 0.422. The molecule has 3 aromatic rings. The number of aryl methyl sites for hydroxylation is 2. The third kappa shape index (κ3) is 4.82. The largest absolute Gasteiger partial charge is 0.471 e. The average molecular weight is 363 g/mol. The lowest BCUT2D eigenvalue weighted by Gasteiger charge is -2.08. The SMILES string of the molecule is CC(=O)c1ccc(NC(=O)c2ccn(COc3cc(C)cc(C)c3)n2)cc1. The Kier molecular flexibility index (Phi) is 5.35. The van der Waals surface area contributed by atoms with Crippen LogP contribution in [-0.4, -0.2) is 21.5 Å². The number of hydrogen-bond acceptors (Lipinski definition) is 4. The van der Waals surface area contributed by atoms with Crippen molar-refractivity contribution in [3.63, 3.8) is 0 Å². The fourth-order valence-electron chi connectivity index (χ4n) is 2.69. The van der Waals surface area contributed by atoms with E-state index in [0.717, 1.165) is 16.9 Å². The van der Waals surface area contributed by atoms with Gasteiger partial charge in [0, 0.05) is 17.4 Å². The molecule has 3 rings (SSSR count). The Morgan fingerprint density at radius 3 is 2.33 bits per heavy atom. The van der Waals surface area contributed by atoms with E-state index >= 15 is 0 Å². The van der Waals surface area contributed by atoms with Crippen LogP contribution >= 0.6 is 0 Å². The number of nitrogens with zero attached hydrogens (tertiary/aromatic N) is 2. The highest BCUT2D eigenvalue weighted by molar-refractivity contribution is 6.03. The molecule has 27 heavy (non-hydrogen) atoms. The topological polar surface area (TPSA) is 73.2 Å². The maximum atomic E-state index is 12.3. The lowest BCUT2D eigenvalue weighted by molar-refractivity contribution is 0.101. The number of carbonyl (C=O) groups excluding carboxylic acids is 2. The summed E-state index contributed by atoms with van der Waals surface area (Å²) >= 11 is 0. The molecule has 6 nitrogen and oxygen atoms in total. The van der Waals surface area contributed by atoms with Crippen molar-refractivity contribution >= 4 is 17.4 Å². The number of aromatic nitrogens is 2. The Bertz CT molecular complexity index is 954. The van der Waals surface area contributed by atoms with Crippen molar-refractivity contribution in [2.24, 2.45) is 0 Å². The van der Waals surface area contributed by atoms with Gasteiger partial charge in [-0.05, 0) is 74.4 Å². The summed E-state index contributed by atoms with van der Waals surface area (Å²) in [7, 11) is 0. The summed E-state index contributed by atoms with van der Waals surface area (Å²) in [5.41, 5.74) is 3.74. The number of rotatable bonds is 6. The molecule has 0 aliphatic rings. The smallest absolute Gasteiger partial charge is 0.276 e. The third-order valence-electron chi connectivity index (χ3n) is 3.98. The van der Waals surface area contributed by atoms with Crippen LogP contribution in [0.1, 0.15) is 38.9 Å². The van der Waals surface area contributed by atoms with Gasteiger partial charge in [0.05, 0.1) is 0 Å². The minimum absolute atomic E-state index is 0.0181. The highest BCUT2D eigenvalue weighted by atomic mass is 16.5. The summed E-state index contributed by atoms with van der Waals surface area (Å²) in [6.45, 7) is 5.74. The Balaban J connectivity index is 1.60. The normalized spacial score (nSPS) is 10.5. The van der Waals surface area contributed by atoms with E-state index in [2.05, 4.69) is 16.5 Å². The van der Waals surface area contributed by atoms with E-state index in [4.69, 9.17) is 4.74 Å². The lowest BCUT2D eigenvalue weighted by Crippen LogP contribution is -2.14. The molecule has 0 spiro atoms. The molecule has 2 aromatic carbocycles. The van der Waals surface area contributed by atoms with E-state index < -0.39 is 0 Å². The summed E-state index contributed by atoms with van der Waals surface area (Å²) < 4.78 is 7.30. The van der Waals surface area contributed by atoms with Crippen LogP contribution < -0.4 is 10.1 Å². The first-order valence-corrected chi connectivity index (χ1v) is 8.57. The number of benzene rings is 2. The quantitative estimate of drug-likeness (QED) is 0.672. The average Bonchev–Trinajstić information content (AvgIpc) is 3.09. The fourth-order valence-corrected chi connectivity index (χ4v) is 2.69. The minimum Gasteiger partial charge on any atom is -0.471 e. The van der Waals surface area contributed by atoms with E-state index in [0.29, 0.717) is 11.3 Å². The summed E-state index contributed by atoms with van der Waals surface area (Å²) in [4.78, 5) is 23.6. The van der Waals surface area contributed by atoms with Gasteiger partial charge in [-0.25, -0.2) is 4.68 Å². The number of Topliss-reactive ketones (excluding diaryl/α,β-unsaturated/α-hetero) is 1. The maximum absolute atomic E-state index is 12.3. The van der Waals surface area contributed by atoms with Crippen LogP contribution in [0.3, 0.4) is 0 Å². The number of ether oxygens (including phenoxy) is 1. The Morgan fingerprint density at radius 2 is 1.70 bits per heavy atom. The van der Waals surface area contributed by atoms with E-state index in [9.17, 15) is 9.59 Å². The molecule has 0 radical (unpaired) electrons. The van der Waals surface area contributed by atoms with Crippen molar-refractivity contribution in [2.75, 3.05) is 5.32 Å². The molecule has 1 aromatic heterocycles. The van der Waals surface area contributed by atoms with Gasteiger partial charge in [-0.2, -0.15) is 5.10 Å². The van der Waals surface area contributed by atoms with Crippen molar-refractivity contribution in [3.8, 4) is 5.75 Å². The van der Waals surface area contributed by atoms with Crippen molar-refractivity contribution in [1.29, 1.82) is 0 Å². The Morgan fingerprint density at radius 1 is 1.04 bits per heavy atom. The Hall–Kier alpha value is -3.41. The molecule has 0 atom stereocenters. The van der Waals surface area contributed by atoms with Gasteiger partial charge < -0.3 is 10.1 Å². The molecule has 0 unspecified atom stereocenters. The van der Waals surface area contributed by atoms with Crippen molar-refractivity contribution in [3.05, 3.63) is 77.1 Å². The van der Waals surface area contributed by atoms with Gasteiger partial charge in [-0.15, -0.1) is 0 Å². The summed E-state index contributed by atoms with van der Waals surface area (Å²) in [5, 5.41) is 7.00. The molecule has 1 N–H and O–H groups in total. The first kappa shape index (κ1) is 18.4. The van der Waals surface area contributed by atoms with Gasteiger partial charge >= 0.3 is 0 Å². The molecule has 138 valence electrons. The van der Waals surface area contributed by atoms with E-state index in [1.54, 1.807) is 41.2 Å². The van der Waals surface area contributed by atoms with Crippen molar-refractivity contribution in [1.82, 2.24) is 9.78 Å².